The van der Waals surface area contributed by atoms with Crippen molar-refractivity contribution in [1.82, 2.24) is 9.78 Å². The van der Waals surface area contributed by atoms with E-state index in [9.17, 15) is 9.59 Å². The molecule has 1 amide bonds. The van der Waals surface area contributed by atoms with Crippen LogP contribution in [0.2, 0.25) is 0 Å². The van der Waals surface area contributed by atoms with Crippen molar-refractivity contribution in [1.29, 1.82) is 0 Å². The van der Waals surface area contributed by atoms with Crippen LogP contribution in [-0.2, 0) is 11.8 Å². The van der Waals surface area contributed by atoms with E-state index >= 15 is 0 Å². The lowest BCUT2D eigenvalue weighted by molar-refractivity contribution is -0.116. The van der Waals surface area contributed by atoms with Gasteiger partial charge in [0.1, 0.15) is 5.82 Å². The molecule has 2 aromatic rings. The zero-order chi connectivity index (χ0) is 13.8. The second-order valence-electron chi connectivity index (χ2n) is 4.24. The second kappa shape index (κ2) is 5.79. The van der Waals surface area contributed by atoms with Gasteiger partial charge in [-0.2, -0.15) is 5.10 Å². The molecule has 1 N–H and O–H groups in total. The highest BCUT2D eigenvalue weighted by Crippen LogP contribution is 2.13. The SMILES string of the molecule is Cc1cc(NC(=O)CCC(=O)c2cccs2)n(C)n1. The molecule has 19 heavy (non-hydrogen) atoms. The molecular weight excluding hydrogens is 262 g/mol. The molecule has 2 aromatic heterocycles. The summed E-state index contributed by atoms with van der Waals surface area (Å²) in [6.45, 7) is 1.86. The van der Waals surface area contributed by atoms with Crippen LogP contribution in [0.25, 0.3) is 0 Å². The Bertz CT molecular complexity index is 587. The van der Waals surface area contributed by atoms with Crippen molar-refractivity contribution >= 4 is 28.8 Å². The predicted molar refractivity (Wildman–Crippen MR) is 74.5 cm³/mol. The third-order valence-electron chi connectivity index (χ3n) is 2.64. The summed E-state index contributed by atoms with van der Waals surface area (Å²) in [5.41, 5.74) is 0.840. The quantitative estimate of drug-likeness (QED) is 0.853. The number of thiophene rings is 1. The monoisotopic (exact) mass is 277 g/mol. The molecule has 0 radical (unpaired) electrons. The minimum absolute atomic E-state index is 0.00587. The lowest BCUT2D eigenvalue weighted by Gasteiger charge is -2.04. The summed E-state index contributed by atoms with van der Waals surface area (Å²) in [6, 6.07) is 5.39. The van der Waals surface area contributed by atoms with Crippen LogP contribution < -0.4 is 5.32 Å². The number of Topliss-reactive ketones (excluding diaryl/α,β-unsaturated/α-hetero) is 1. The highest BCUT2D eigenvalue weighted by molar-refractivity contribution is 7.12. The zero-order valence-corrected chi connectivity index (χ0v) is 11.7. The number of rotatable bonds is 5. The molecule has 0 atom stereocenters. The first kappa shape index (κ1) is 13.5. The average Bonchev–Trinajstić information content (AvgIpc) is 2.97. The molecule has 0 fully saturated rings. The molecule has 0 aromatic carbocycles. The van der Waals surface area contributed by atoms with Gasteiger partial charge in [-0.25, -0.2) is 0 Å². The molecule has 5 nitrogen and oxygen atoms in total. The van der Waals surface area contributed by atoms with Crippen LogP contribution in [0.5, 0.6) is 0 Å². The number of carbonyl (C=O) groups excluding carboxylic acids is 2. The lowest BCUT2D eigenvalue weighted by atomic mass is 10.2. The molecule has 0 saturated heterocycles. The molecule has 2 rings (SSSR count). The van der Waals surface area contributed by atoms with Gasteiger partial charge in [-0.15, -0.1) is 11.3 Å². The molecule has 0 aliphatic heterocycles. The Balaban J connectivity index is 1.85. The van der Waals surface area contributed by atoms with Gasteiger partial charge in [0.05, 0.1) is 10.6 Å². The maximum Gasteiger partial charge on any atom is 0.225 e. The van der Waals surface area contributed by atoms with Crippen molar-refractivity contribution in [3.8, 4) is 0 Å². The summed E-state index contributed by atoms with van der Waals surface area (Å²) < 4.78 is 1.61. The van der Waals surface area contributed by atoms with Gasteiger partial charge >= 0.3 is 0 Å². The number of nitrogens with one attached hydrogen (secondary N) is 1. The summed E-state index contributed by atoms with van der Waals surface area (Å²) in [7, 11) is 1.76. The number of aryl methyl sites for hydroxylation is 2. The molecule has 100 valence electrons. The summed E-state index contributed by atoms with van der Waals surface area (Å²) in [5.74, 6) is 0.477. The number of aromatic nitrogens is 2. The van der Waals surface area contributed by atoms with Gasteiger partial charge in [-0.3, -0.25) is 14.3 Å². The zero-order valence-electron chi connectivity index (χ0n) is 10.8. The number of hydrogen-bond acceptors (Lipinski definition) is 4. The van der Waals surface area contributed by atoms with E-state index in [-0.39, 0.29) is 24.5 Å². The van der Waals surface area contributed by atoms with Gasteiger partial charge in [0, 0.05) is 26.0 Å². The Hall–Kier alpha value is -1.95. The first-order chi connectivity index (χ1) is 9.06. The fourth-order valence-electron chi connectivity index (χ4n) is 1.72. The number of ketones is 1. The Morgan fingerprint density at radius 3 is 2.79 bits per heavy atom. The molecule has 0 aliphatic rings. The van der Waals surface area contributed by atoms with Crippen LogP contribution in [0.1, 0.15) is 28.2 Å². The number of carbonyl (C=O) groups is 2. The van der Waals surface area contributed by atoms with E-state index in [4.69, 9.17) is 0 Å². The lowest BCUT2D eigenvalue weighted by Crippen LogP contribution is -2.15. The Morgan fingerprint density at radius 1 is 1.42 bits per heavy atom. The first-order valence-corrected chi connectivity index (χ1v) is 6.81. The molecule has 2 heterocycles. The van der Waals surface area contributed by atoms with Crippen molar-refractivity contribution in [2.24, 2.45) is 7.05 Å². The molecule has 0 unspecified atom stereocenters. The molecular formula is C13H15N3O2S. The van der Waals surface area contributed by atoms with Crippen molar-refractivity contribution in [2.45, 2.75) is 19.8 Å². The van der Waals surface area contributed by atoms with Crippen LogP contribution in [0.3, 0.4) is 0 Å². The normalized spacial score (nSPS) is 10.4. The molecule has 0 saturated carbocycles. The van der Waals surface area contributed by atoms with E-state index in [0.717, 1.165) is 5.69 Å². The average molecular weight is 277 g/mol. The fourth-order valence-corrected chi connectivity index (χ4v) is 2.41. The van der Waals surface area contributed by atoms with Crippen molar-refractivity contribution < 1.29 is 9.59 Å². The molecule has 0 spiro atoms. The highest BCUT2D eigenvalue weighted by Gasteiger charge is 2.11. The van der Waals surface area contributed by atoms with Crippen LogP contribution in [-0.4, -0.2) is 21.5 Å². The smallest absolute Gasteiger partial charge is 0.225 e. The number of hydrogen-bond donors (Lipinski definition) is 1. The summed E-state index contributed by atoms with van der Waals surface area (Å²) >= 11 is 1.40. The number of anilines is 1. The summed E-state index contributed by atoms with van der Waals surface area (Å²) in [5, 5.41) is 8.73. The van der Waals surface area contributed by atoms with E-state index in [1.807, 2.05) is 18.4 Å². The van der Waals surface area contributed by atoms with E-state index in [2.05, 4.69) is 10.4 Å². The van der Waals surface area contributed by atoms with Crippen LogP contribution >= 0.6 is 11.3 Å². The largest absolute Gasteiger partial charge is 0.311 e. The predicted octanol–water partition coefficient (Wildman–Crippen LogP) is 2.39. The van der Waals surface area contributed by atoms with Gasteiger partial charge in [-0.05, 0) is 18.4 Å². The Labute approximate surface area is 115 Å². The van der Waals surface area contributed by atoms with E-state index in [1.165, 1.54) is 11.3 Å². The maximum atomic E-state index is 11.7. The fraction of sp³-hybridized carbons (Fsp3) is 0.308. The van der Waals surface area contributed by atoms with Gasteiger partial charge in [0.2, 0.25) is 5.91 Å². The molecule has 0 bridgehead atoms. The van der Waals surface area contributed by atoms with Crippen molar-refractivity contribution in [2.75, 3.05) is 5.32 Å². The maximum absolute atomic E-state index is 11.7. The standard InChI is InChI=1S/C13H15N3O2S/c1-9-8-12(16(2)15-9)14-13(18)6-5-10(17)11-4-3-7-19-11/h3-4,7-8H,5-6H2,1-2H3,(H,14,18). The van der Waals surface area contributed by atoms with Crippen molar-refractivity contribution in [3.05, 3.63) is 34.2 Å². The number of nitrogens with zero attached hydrogens (tertiary/aromatic N) is 2. The van der Waals surface area contributed by atoms with E-state index in [1.54, 1.807) is 23.9 Å². The van der Waals surface area contributed by atoms with E-state index < -0.39 is 0 Å². The highest BCUT2D eigenvalue weighted by atomic mass is 32.1. The Kier molecular flexibility index (Phi) is 4.11. The molecule has 0 aliphatic carbocycles. The van der Waals surface area contributed by atoms with Gasteiger partial charge in [-0.1, -0.05) is 6.07 Å². The Morgan fingerprint density at radius 2 is 2.21 bits per heavy atom. The second-order valence-corrected chi connectivity index (χ2v) is 5.19. The van der Waals surface area contributed by atoms with Gasteiger partial charge < -0.3 is 5.32 Å². The van der Waals surface area contributed by atoms with Gasteiger partial charge in [0.15, 0.2) is 5.78 Å². The minimum atomic E-state index is -0.173. The van der Waals surface area contributed by atoms with Crippen LogP contribution in [0.4, 0.5) is 5.82 Å². The number of amides is 1. The van der Waals surface area contributed by atoms with E-state index in [0.29, 0.717) is 10.7 Å². The van der Waals surface area contributed by atoms with Crippen LogP contribution in [0, 0.1) is 6.92 Å². The third kappa shape index (κ3) is 3.51. The van der Waals surface area contributed by atoms with Crippen molar-refractivity contribution in [3.63, 3.8) is 0 Å². The molecule has 6 heteroatoms. The van der Waals surface area contributed by atoms with Crippen LogP contribution in [0.15, 0.2) is 23.6 Å². The third-order valence-corrected chi connectivity index (χ3v) is 3.56. The summed E-state index contributed by atoms with van der Waals surface area (Å²) in [4.78, 5) is 24.2. The topological polar surface area (TPSA) is 64.0 Å². The summed E-state index contributed by atoms with van der Waals surface area (Å²) in [6.07, 6.45) is 0.407. The van der Waals surface area contributed by atoms with Gasteiger partial charge in [0.25, 0.3) is 0 Å². The minimum Gasteiger partial charge on any atom is -0.311 e. The first-order valence-electron chi connectivity index (χ1n) is 5.93.